The van der Waals surface area contributed by atoms with Crippen LogP contribution >= 0.6 is 0 Å². The fourth-order valence-corrected chi connectivity index (χ4v) is 1.03. The van der Waals surface area contributed by atoms with E-state index in [9.17, 15) is 4.79 Å². The highest BCUT2D eigenvalue weighted by Gasteiger charge is 2.29. The monoisotopic (exact) mass is 152 g/mol. The molecule has 3 nitrogen and oxygen atoms in total. The first kappa shape index (κ1) is 8.01. The zero-order chi connectivity index (χ0) is 8.48. The second-order valence-corrected chi connectivity index (χ2v) is 2.91. The highest BCUT2D eigenvalue weighted by atomic mass is 16.1. The van der Waals surface area contributed by atoms with Crippen molar-refractivity contribution in [3.8, 4) is 0 Å². The Bertz CT molecular complexity index is 232. The molecule has 0 radical (unpaired) electrons. The van der Waals surface area contributed by atoms with Crippen molar-refractivity contribution >= 4 is 6.29 Å². The normalized spacial score (nSPS) is 36.5. The van der Waals surface area contributed by atoms with Crippen molar-refractivity contribution in [3.05, 3.63) is 23.9 Å². The average Bonchev–Trinajstić information content (AvgIpc) is 1.98. The van der Waals surface area contributed by atoms with Crippen LogP contribution in [0.5, 0.6) is 0 Å². The summed E-state index contributed by atoms with van der Waals surface area (Å²) in [5.74, 6) is -0.0231. The molecule has 0 saturated heterocycles. The Balaban J connectivity index is 2.92. The molecule has 2 atom stereocenters. The molecule has 0 amide bonds. The van der Waals surface area contributed by atoms with Gasteiger partial charge in [-0.1, -0.05) is 19.1 Å². The molecular formula is C8H12N2O. The Morgan fingerprint density at radius 2 is 2.36 bits per heavy atom. The van der Waals surface area contributed by atoms with E-state index in [1.165, 1.54) is 0 Å². The Kier molecular flexibility index (Phi) is 1.83. The van der Waals surface area contributed by atoms with Gasteiger partial charge in [0.25, 0.3) is 0 Å². The maximum absolute atomic E-state index is 10.6. The van der Waals surface area contributed by atoms with Crippen molar-refractivity contribution in [2.75, 3.05) is 0 Å². The standard InChI is InChI=1S/C8H12N2O/c1-6-4-7(9)2-3-8(6,10)5-11/h2-6H,9-10H2,1H3. The third kappa shape index (κ3) is 1.33. The van der Waals surface area contributed by atoms with Gasteiger partial charge in [-0.05, 0) is 6.08 Å². The predicted molar refractivity (Wildman–Crippen MR) is 43.6 cm³/mol. The summed E-state index contributed by atoms with van der Waals surface area (Å²) < 4.78 is 0. The smallest absolute Gasteiger partial charge is 0.144 e. The zero-order valence-electron chi connectivity index (χ0n) is 6.45. The van der Waals surface area contributed by atoms with Crippen LogP contribution < -0.4 is 11.5 Å². The summed E-state index contributed by atoms with van der Waals surface area (Å²) >= 11 is 0. The summed E-state index contributed by atoms with van der Waals surface area (Å²) in [6, 6.07) is 0. The lowest BCUT2D eigenvalue weighted by Crippen LogP contribution is -2.46. The molecule has 0 aromatic rings. The highest BCUT2D eigenvalue weighted by Crippen LogP contribution is 2.20. The first-order valence-corrected chi connectivity index (χ1v) is 3.50. The van der Waals surface area contributed by atoms with Crippen LogP contribution in [-0.2, 0) is 4.79 Å². The lowest BCUT2D eigenvalue weighted by atomic mass is 9.83. The molecule has 1 aliphatic carbocycles. The summed E-state index contributed by atoms with van der Waals surface area (Å²) in [5.41, 5.74) is 11.0. The number of hydrogen-bond donors (Lipinski definition) is 2. The van der Waals surface area contributed by atoms with E-state index in [2.05, 4.69) is 0 Å². The number of nitrogens with two attached hydrogens (primary N) is 2. The third-order valence-electron chi connectivity index (χ3n) is 2.00. The number of aldehydes is 1. The Morgan fingerprint density at radius 3 is 2.82 bits per heavy atom. The number of carbonyl (C=O) groups is 1. The highest BCUT2D eigenvalue weighted by molar-refractivity contribution is 5.70. The molecule has 0 aliphatic heterocycles. The van der Waals surface area contributed by atoms with Crippen molar-refractivity contribution < 1.29 is 4.79 Å². The van der Waals surface area contributed by atoms with E-state index in [0.717, 1.165) is 6.29 Å². The van der Waals surface area contributed by atoms with E-state index >= 15 is 0 Å². The molecule has 60 valence electrons. The summed E-state index contributed by atoms with van der Waals surface area (Å²) in [6.07, 6.45) is 5.83. The van der Waals surface area contributed by atoms with Gasteiger partial charge in [0, 0.05) is 11.6 Å². The molecule has 0 saturated carbocycles. The van der Waals surface area contributed by atoms with Gasteiger partial charge < -0.3 is 16.3 Å². The van der Waals surface area contributed by atoms with Crippen LogP contribution in [0.2, 0.25) is 0 Å². The Hall–Kier alpha value is -1.09. The van der Waals surface area contributed by atoms with Crippen LogP contribution in [0, 0.1) is 5.92 Å². The first-order chi connectivity index (χ1) is 5.08. The van der Waals surface area contributed by atoms with Crippen molar-refractivity contribution in [1.82, 2.24) is 0 Å². The lowest BCUT2D eigenvalue weighted by molar-refractivity contribution is -0.111. The quantitative estimate of drug-likeness (QED) is 0.517. The molecule has 11 heavy (non-hydrogen) atoms. The predicted octanol–water partition coefficient (Wildman–Crippen LogP) is -0.0687. The molecule has 0 aromatic heterocycles. The van der Waals surface area contributed by atoms with Gasteiger partial charge in [-0.25, -0.2) is 0 Å². The van der Waals surface area contributed by atoms with Gasteiger partial charge in [-0.3, -0.25) is 0 Å². The van der Waals surface area contributed by atoms with Crippen molar-refractivity contribution in [2.24, 2.45) is 17.4 Å². The molecule has 0 fully saturated rings. The summed E-state index contributed by atoms with van der Waals surface area (Å²) in [6.45, 7) is 1.87. The minimum Gasteiger partial charge on any atom is -0.399 e. The number of carbonyl (C=O) groups excluding carboxylic acids is 1. The number of allylic oxidation sites excluding steroid dienone is 1. The van der Waals surface area contributed by atoms with Gasteiger partial charge in [0.1, 0.15) is 6.29 Å². The molecule has 0 heterocycles. The molecule has 1 aliphatic rings. The van der Waals surface area contributed by atoms with E-state index in [-0.39, 0.29) is 5.92 Å². The van der Waals surface area contributed by atoms with Crippen LogP contribution in [0.4, 0.5) is 0 Å². The van der Waals surface area contributed by atoms with Crippen LogP contribution in [0.15, 0.2) is 23.9 Å². The number of rotatable bonds is 1. The SMILES string of the molecule is CC1C=C(N)C=CC1(N)C=O. The van der Waals surface area contributed by atoms with Crippen LogP contribution in [-0.4, -0.2) is 11.8 Å². The number of hydrogen-bond acceptors (Lipinski definition) is 3. The topological polar surface area (TPSA) is 69.1 Å². The molecule has 3 heteroatoms. The Labute approximate surface area is 65.8 Å². The zero-order valence-corrected chi connectivity index (χ0v) is 6.45. The van der Waals surface area contributed by atoms with Crippen LogP contribution in [0.1, 0.15) is 6.92 Å². The van der Waals surface area contributed by atoms with Crippen LogP contribution in [0.3, 0.4) is 0 Å². The largest absolute Gasteiger partial charge is 0.399 e. The fraction of sp³-hybridized carbons (Fsp3) is 0.375. The summed E-state index contributed by atoms with van der Waals surface area (Å²) in [4.78, 5) is 10.6. The van der Waals surface area contributed by atoms with Gasteiger partial charge in [0.2, 0.25) is 0 Å². The molecule has 2 unspecified atom stereocenters. The van der Waals surface area contributed by atoms with Crippen molar-refractivity contribution in [3.63, 3.8) is 0 Å². The lowest BCUT2D eigenvalue weighted by Gasteiger charge is -2.27. The Morgan fingerprint density at radius 1 is 1.73 bits per heavy atom. The molecule has 0 bridgehead atoms. The van der Waals surface area contributed by atoms with Gasteiger partial charge in [-0.15, -0.1) is 0 Å². The minimum atomic E-state index is -0.858. The molecule has 0 aromatic carbocycles. The summed E-state index contributed by atoms with van der Waals surface area (Å²) in [7, 11) is 0. The van der Waals surface area contributed by atoms with Gasteiger partial charge in [0.05, 0.1) is 5.54 Å². The van der Waals surface area contributed by atoms with Crippen molar-refractivity contribution in [1.29, 1.82) is 0 Å². The minimum absolute atomic E-state index is 0.0231. The second-order valence-electron chi connectivity index (χ2n) is 2.91. The molecular weight excluding hydrogens is 140 g/mol. The third-order valence-corrected chi connectivity index (χ3v) is 2.00. The van der Waals surface area contributed by atoms with Crippen LogP contribution in [0.25, 0.3) is 0 Å². The summed E-state index contributed by atoms with van der Waals surface area (Å²) in [5, 5.41) is 0. The van der Waals surface area contributed by atoms with E-state index < -0.39 is 5.54 Å². The average molecular weight is 152 g/mol. The van der Waals surface area contributed by atoms with Gasteiger partial charge in [0.15, 0.2) is 0 Å². The fourth-order valence-electron chi connectivity index (χ4n) is 1.03. The van der Waals surface area contributed by atoms with Crippen molar-refractivity contribution in [2.45, 2.75) is 12.5 Å². The van der Waals surface area contributed by atoms with E-state index in [1.807, 2.05) is 6.92 Å². The van der Waals surface area contributed by atoms with E-state index in [0.29, 0.717) is 5.70 Å². The first-order valence-electron chi connectivity index (χ1n) is 3.50. The second kappa shape index (κ2) is 2.51. The van der Waals surface area contributed by atoms with E-state index in [4.69, 9.17) is 11.5 Å². The maximum Gasteiger partial charge on any atom is 0.144 e. The molecule has 4 N–H and O–H groups in total. The van der Waals surface area contributed by atoms with Gasteiger partial charge in [-0.2, -0.15) is 0 Å². The maximum atomic E-state index is 10.6. The molecule has 0 spiro atoms. The van der Waals surface area contributed by atoms with E-state index in [1.54, 1.807) is 18.2 Å². The van der Waals surface area contributed by atoms with Gasteiger partial charge >= 0.3 is 0 Å². The molecule has 1 rings (SSSR count).